The molecule has 0 radical (unpaired) electrons. The minimum absolute atomic E-state index is 0.177. The molecular formula is C20H22N8O. The fraction of sp³-hybridized carbons (Fsp3) is 0.300. The van der Waals surface area contributed by atoms with E-state index in [0.717, 1.165) is 47.6 Å². The van der Waals surface area contributed by atoms with Gasteiger partial charge in [0.05, 0.1) is 35.3 Å². The van der Waals surface area contributed by atoms with Gasteiger partial charge in [-0.3, -0.25) is 9.48 Å². The van der Waals surface area contributed by atoms with E-state index in [1.165, 1.54) is 0 Å². The first-order chi connectivity index (χ1) is 14.1. The highest BCUT2D eigenvalue weighted by atomic mass is 16.1. The van der Waals surface area contributed by atoms with Gasteiger partial charge < -0.3 is 20.4 Å². The first-order valence-corrected chi connectivity index (χ1v) is 9.62. The monoisotopic (exact) mass is 390 g/mol. The smallest absolute Gasteiger partial charge is 0.256 e. The number of rotatable bonds is 3. The maximum absolute atomic E-state index is 12.7. The molecule has 0 spiro atoms. The number of anilines is 1. The SMILES string of the molecule is Cc1nn(C)c2cc(C(=O)Nc3cn4cc([C@H]5CNCCN5)nc4cn3)ccc12. The third-order valence-electron chi connectivity index (χ3n) is 5.30. The molecule has 1 aliphatic heterocycles. The molecule has 148 valence electrons. The Kier molecular flexibility index (Phi) is 4.26. The summed E-state index contributed by atoms with van der Waals surface area (Å²) in [4.78, 5) is 21.7. The van der Waals surface area contributed by atoms with Gasteiger partial charge >= 0.3 is 0 Å². The van der Waals surface area contributed by atoms with Crippen molar-refractivity contribution in [1.29, 1.82) is 0 Å². The van der Waals surface area contributed by atoms with Crippen molar-refractivity contribution in [3.8, 4) is 0 Å². The molecular weight excluding hydrogens is 368 g/mol. The zero-order valence-electron chi connectivity index (χ0n) is 16.3. The van der Waals surface area contributed by atoms with Crippen LogP contribution in [0, 0.1) is 6.92 Å². The van der Waals surface area contributed by atoms with Gasteiger partial charge in [-0.15, -0.1) is 0 Å². The molecule has 5 rings (SSSR count). The minimum atomic E-state index is -0.212. The molecule has 0 bridgehead atoms. The molecule has 0 saturated carbocycles. The normalized spacial score (nSPS) is 17.1. The number of nitrogens with zero attached hydrogens (tertiary/aromatic N) is 5. The van der Waals surface area contributed by atoms with Gasteiger partial charge in [-0.05, 0) is 19.1 Å². The van der Waals surface area contributed by atoms with E-state index in [4.69, 9.17) is 0 Å². The highest BCUT2D eigenvalue weighted by molar-refractivity contribution is 6.05. The first kappa shape index (κ1) is 17.8. The van der Waals surface area contributed by atoms with Crippen LogP contribution in [0.2, 0.25) is 0 Å². The fourth-order valence-corrected chi connectivity index (χ4v) is 3.78. The number of aromatic nitrogens is 5. The standard InChI is InChI=1S/C20H22N8O/c1-12-14-4-3-13(7-17(14)27(2)26-12)20(29)25-18-11-28-10-16(24-19(28)9-23-18)15-8-21-5-6-22-15/h3-4,7,9-11,15,21-22H,5-6,8H2,1-2H3,(H,25,29)/t15-/m1/s1. The Morgan fingerprint density at radius 3 is 3.00 bits per heavy atom. The van der Waals surface area contributed by atoms with Crippen LogP contribution >= 0.6 is 0 Å². The van der Waals surface area contributed by atoms with Gasteiger partial charge in [0.25, 0.3) is 5.91 Å². The fourth-order valence-electron chi connectivity index (χ4n) is 3.78. The molecule has 3 N–H and O–H groups in total. The van der Waals surface area contributed by atoms with E-state index in [2.05, 4.69) is 31.0 Å². The van der Waals surface area contributed by atoms with Crippen LogP contribution in [0.1, 0.15) is 27.8 Å². The van der Waals surface area contributed by atoms with Gasteiger partial charge in [-0.2, -0.15) is 5.10 Å². The summed E-state index contributed by atoms with van der Waals surface area (Å²) >= 11 is 0. The topological polar surface area (TPSA) is 101 Å². The summed E-state index contributed by atoms with van der Waals surface area (Å²) < 4.78 is 3.68. The van der Waals surface area contributed by atoms with E-state index < -0.39 is 0 Å². The third-order valence-corrected chi connectivity index (χ3v) is 5.30. The Morgan fingerprint density at radius 2 is 2.17 bits per heavy atom. The maximum atomic E-state index is 12.7. The lowest BCUT2D eigenvalue weighted by Gasteiger charge is -2.22. The predicted molar refractivity (Wildman–Crippen MR) is 110 cm³/mol. The Hall–Kier alpha value is -3.30. The molecule has 1 atom stereocenters. The van der Waals surface area contributed by atoms with Crippen LogP contribution in [0.3, 0.4) is 0 Å². The number of aryl methyl sites for hydroxylation is 2. The van der Waals surface area contributed by atoms with Crippen molar-refractivity contribution in [2.75, 3.05) is 25.0 Å². The van der Waals surface area contributed by atoms with Gasteiger partial charge in [0.2, 0.25) is 0 Å². The summed E-state index contributed by atoms with van der Waals surface area (Å²) in [7, 11) is 1.87. The molecule has 29 heavy (non-hydrogen) atoms. The number of benzene rings is 1. The van der Waals surface area contributed by atoms with E-state index in [1.54, 1.807) is 17.1 Å². The Labute approximate surface area is 167 Å². The van der Waals surface area contributed by atoms with Crippen LogP contribution in [0.4, 0.5) is 5.82 Å². The Morgan fingerprint density at radius 1 is 1.28 bits per heavy atom. The van der Waals surface area contributed by atoms with Crippen LogP contribution < -0.4 is 16.0 Å². The molecule has 1 fully saturated rings. The molecule has 9 heteroatoms. The van der Waals surface area contributed by atoms with Crippen molar-refractivity contribution >= 4 is 28.3 Å². The van der Waals surface area contributed by atoms with Crippen LogP contribution in [-0.4, -0.2) is 49.7 Å². The van der Waals surface area contributed by atoms with Gasteiger partial charge in [0.1, 0.15) is 5.82 Å². The van der Waals surface area contributed by atoms with Crippen molar-refractivity contribution in [1.82, 2.24) is 34.8 Å². The summed E-state index contributed by atoms with van der Waals surface area (Å²) in [5, 5.41) is 15.1. The van der Waals surface area contributed by atoms with Crippen LogP contribution in [0.5, 0.6) is 0 Å². The van der Waals surface area contributed by atoms with Crippen LogP contribution in [-0.2, 0) is 7.05 Å². The lowest BCUT2D eigenvalue weighted by Crippen LogP contribution is -2.42. The molecule has 0 unspecified atom stereocenters. The zero-order chi connectivity index (χ0) is 20.0. The molecule has 0 aliphatic carbocycles. The molecule has 1 amide bonds. The minimum Gasteiger partial charge on any atom is -0.314 e. The molecule has 1 aliphatic rings. The van der Waals surface area contributed by atoms with Crippen molar-refractivity contribution in [3.63, 3.8) is 0 Å². The first-order valence-electron chi connectivity index (χ1n) is 9.62. The van der Waals surface area contributed by atoms with Crippen LogP contribution in [0.25, 0.3) is 16.6 Å². The highest BCUT2D eigenvalue weighted by Gasteiger charge is 2.18. The number of imidazole rings is 1. The lowest BCUT2D eigenvalue weighted by atomic mass is 10.1. The number of hydrogen-bond acceptors (Lipinski definition) is 6. The van der Waals surface area contributed by atoms with E-state index in [0.29, 0.717) is 11.4 Å². The number of amides is 1. The second kappa shape index (κ2) is 6.94. The summed E-state index contributed by atoms with van der Waals surface area (Å²) in [5.41, 5.74) is 4.13. The molecule has 4 heterocycles. The molecule has 9 nitrogen and oxygen atoms in total. The quantitative estimate of drug-likeness (QED) is 0.489. The molecule has 4 aromatic rings. The summed E-state index contributed by atoms with van der Waals surface area (Å²) in [6, 6.07) is 5.76. The van der Waals surface area contributed by atoms with E-state index >= 15 is 0 Å². The van der Waals surface area contributed by atoms with Gasteiger partial charge in [0, 0.05) is 43.8 Å². The Bertz CT molecular complexity index is 1220. The lowest BCUT2D eigenvalue weighted by molar-refractivity contribution is 0.102. The van der Waals surface area contributed by atoms with Gasteiger partial charge in [0.15, 0.2) is 5.65 Å². The second-order valence-corrected chi connectivity index (χ2v) is 7.31. The predicted octanol–water partition coefficient (Wildman–Crippen LogP) is 1.41. The summed E-state index contributed by atoms with van der Waals surface area (Å²) in [6.45, 7) is 4.68. The van der Waals surface area contributed by atoms with Crippen molar-refractivity contribution < 1.29 is 4.79 Å². The summed E-state index contributed by atoms with van der Waals surface area (Å²) in [5.74, 6) is 0.263. The zero-order valence-corrected chi connectivity index (χ0v) is 16.3. The van der Waals surface area contributed by atoms with Crippen molar-refractivity contribution in [2.45, 2.75) is 13.0 Å². The van der Waals surface area contributed by atoms with Crippen molar-refractivity contribution in [2.24, 2.45) is 7.05 Å². The summed E-state index contributed by atoms with van der Waals surface area (Å²) in [6.07, 6.45) is 5.43. The Balaban J connectivity index is 1.39. The average molecular weight is 390 g/mol. The maximum Gasteiger partial charge on any atom is 0.256 e. The van der Waals surface area contributed by atoms with E-state index in [9.17, 15) is 4.79 Å². The number of carbonyl (C=O) groups excluding carboxylic acids is 1. The number of hydrogen-bond donors (Lipinski definition) is 3. The highest BCUT2D eigenvalue weighted by Crippen LogP contribution is 2.20. The largest absolute Gasteiger partial charge is 0.314 e. The third kappa shape index (κ3) is 3.24. The number of fused-ring (bicyclic) bond motifs is 2. The van der Waals surface area contributed by atoms with E-state index in [-0.39, 0.29) is 11.9 Å². The number of piperazine rings is 1. The van der Waals surface area contributed by atoms with Crippen molar-refractivity contribution in [3.05, 3.63) is 53.7 Å². The van der Waals surface area contributed by atoms with Gasteiger partial charge in [-0.25, -0.2) is 9.97 Å². The van der Waals surface area contributed by atoms with Crippen LogP contribution in [0.15, 0.2) is 36.8 Å². The second-order valence-electron chi connectivity index (χ2n) is 7.31. The number of carbonyl (C=O) groups is 1. The molecule has 1 saturated heterocycles. The van der Waals surface area contributed by atoms with Gasteiger partial charge in [-0.1, -0.05) is 6.07 Å². The molecule has 3 aromatic heterocycles. The average Bonchev–Trinajstić information content (AvgIpc) is 3.29. The van der Waals surface area contributed by atoms with E-state index in [1.807, 2.05) is 42.8 Å². The number of nitrogens with one attached hydrogen (secondary N) is 3. The molecule has 1 aromatic carbocycles.